The van der Waals surface area contributed by atoms with Gasteiger partial charge < -0.3 is 30.2 Å². The maximum atomic E-state index is 11.4. The summed E-state index contributed by atoms with van der Waals surface area (Å²) in [5.41, 5.74) is 3.28. The molecule has 0 aliphatic rings. The van der Waals surface area contributed by atoms with E-state index in [9.17, 15) is 4.79 Å². The molecule has 2 heterocycles. The summed E-state index contributed by atoms with van der Waals surface area (Å²) in [5.74, 6) is 2.46. The lowest BCUT2D eigenvalue weighted by Gasteiger charge is -2.14. The number of aromatic amines is 1. The van der Waals surface area contributed by atoms with Crippen LogP contribution in [-0.2, 0) is 4.79 Å². The molecule has 0 spiro atoms. The highest BCUT2D eigenvalue weighted by Gasteiger charge is 2.14. The average molecular weight is 503 g/mol. The first-order valence-corrected chi connectivity index (χ1v) is 11.1. The molecular formula is C25H26N8O4. The zero-order valence-corrected chi connectivity index (χ0v) is 20.7. The molecule has 12 heteroatoms. The van der Waals surface area contributed by atoms with Crippen LogP contribution in [0.2, 0.25) is 0 Å². The van der Waals surface area contributed by atoms with Crippen molar-refractivity contribution >= 4 is 35.4 Å². The molecule has 4 rings (SSSR count). The van der Waals surface area contributed by atoms with E-state index in [2.05, 4.69) is 41.1 Å². The predicted octanol–water partition coefficient (Wildman–Crippen LogP) is 3.53. The van der Waals surface area contributed by atoms with Gasteiger partial charge in [-0.05, 0) is 17.2 Å². The standard InChI is InChI=1S/C25H26N8O4/c1-26-22(34)10-7-15-5-8-16(9-6-15)18-13-21(33-32-18)30-25-28-14-27-24(31-25)29-17-11-19(35-2)23(37-4)20(12-17)36-3/h5-14H,1-4H3,(H,26,34)(H3,27,28,29,30,31,32,33). The van der Waals surface area contributed by atoms with E-state index >= 15 is 0 Å². The number of rotatable bonds is 10. The molecule has 2 aromatic carbocycles. The number of amides is 1. The normalized spacial score (nSPS) is 10.7. The zero-order chi connectivity index (χ0) is 26.2. The van der Waals surface area contributed by atoms with Gasteiger partial charge in [0.25, 0.3) is 0 Å². The molecule has 190 valence electrons. The third-order valence-electron chi connectivity index (χ3n) is 5.21. The van der Waals surface area contributed by atoms with Crippen molar-refractivity contribution in [2.45, 2.75) is 0 Å². The largest absolute Gasteiger partial charge is 0.493 e. The number of benzene rings is 2. The molecular weight excluding hydrogens is 476 g/mol. The second kappa shape index (κ2) is 11.5. The van der Waals surface area contributed by atoms with Gasteiger partial charge in [-0.1, -0.05) is 24.3 Å². The van der Waals surface area contributed by atoms with Crippen molar-refractivity contribution in [2.75, 3.05) is 39.0 Å². The summed E-state index contributed by atoms with van der Waals surface area (Å²) in [7, 11) is 6.22. The fourth-order valence-corrected chi connectivity index (χ4v) is 3.38. The van der Waals surface area contributed by atoms with E-state index in [0.29, 0.717) is 40.7 Å². The summed E-state index contributed by atoms with van der Waals surface area (Å²) in [6.07, 6.45) is 4.61. The van der Waals surface area contributed by atoms with Crippen LogP contribution in [0.3, 0.4) is 0 Å². The van der Waals surface area contributed by atoms with Crippen LogP contribution in [0.1, 0.15) is 5.56 Å². The summed E-state index contributed by atoms with van der Waals surface area (Å²) in [6.45, 7) is 0. The van der Waals surface area contributed by atoms with Crippen LogP contribution in [0.5, 0.6) is 17.2 Å². The van der Waals surface area contributed by atoms with E-state index in [-0.39, 0.29) is 5.91 Å². The topological polar surface area (TPSA) is 148 Å². The lowest BCUT2D eigenvalue weighted by Crippen LogP contribution is -2.13. The number of H-pyrrole nitrogens is 1. The smallest absolute Gasteiger partial charge is 0.243 e. The third kappa shape index (κ3) is 6.11. The number of likely N-dealkylation sites (N-methyl/N-ethyl adjacent to an activating group) is 1. The number of hydrogen-bond acceptors (Lipinski definition) is 10. The molecule has 0 atom stereocenters. The minimum Gasteiger partial charge on any atom is -0.493 e. The molecule has 4 aromatic rings. The first-order chi connectivity index (χ1) is 18.0. The highest BCUT2D eigenvalue weighted by Crippen LogP contribution is 2.40. The predicted molar refractivity (Wildman–Crippen MR) is 140 cm³/mol. The Morgan fingerprint density at radius 2 is 1.59 bits per heavy atom. The van der Waals surface area contributed by atoms with Gasteiger partial charge in [0, 0.05) is 37.0 Å². The van der Waals surface area contributed by atoms with E-state index in [1.165, 1.54) is 12.4 Å². The number of anilines is 4. The van der Waals surface area contributed by atoms with E-state index in [1.807, 2.05) is 30.3 Å². The van der Waals surface area contributed by atoms with Crippen LogP contribution in [0.4, 0.5) is 23.4 Å². The number of aromatic nitrogens is 5. The Labute approximate surface area is 213 Å². The van der Waals surface area contributed by atoms with Gasteiger partial charge in [0.1, 0.15) is 6.33 Å². The lowest BCUT2D eigenvalue weighted by molar-refractivity contribution is -0.115. The van der Waals surface area contributed by atoms with Gasteiger partial charge in [-0.3, -0.25) is 9.89 Å². The van der Waals surface area contributed by atoms with Gasteiger partial charge in [0.05, 0.1) is 27.0 Å². The minimum atomic E-state index is -0.159. The number of hydrogen-bond donors (Lipinski definition) is 4. The number of nitrogens with zero attached hydrogens (tertiary/aromatic N) is 4. The molecule has 0 radical (unpaired) electrons. The van der Waals surface area contributed by atoms with Crippen LogP contribution in [0, 0.1) is 0 Å². The Kier molecular flexibility index (Phi) is 7.79. The monoisotopic (exact) mass is 502 g/mol. The quantitative estimate of drug-likeness (QED) is 0.237. The van der Waals surface area contributed by atoms with Crippen LogP contribution in [0.25, 0.3) is 17.3 Å². The molecule has 0 unspecified atom stereocenters. The fourth-order valence-electron chi connectivity index (χ4n) is 3.38. The first kappa shape index (κ1) is 25.0. The van der Waals surface area contributed by atoms with Gasteiger partial charge in [-0.15, -0.1) is 0 Å². The molecule has 0 saturated heterocycles. The minimum absolute atomic E-state index is 0.159. The Balaban J connectivity index is 1.46. The van der Waals surface area contributed by atoms with E-state index < -0.39 is 0 Å². The second-order valence-corrected chi connectivity index (χ2v) is 7.53. The maximum absolute atomic E-state index is 11.4. The third-order valence-corrected chi connectivity index (χ3v) is 5.21. The second-order valence-electron chi connectivity index (χ2n) is 7.53. The van der Waals surface area contributed by atoms with Gasteiger partial charge in [-0.2, -0.15) is 10.1 Å². The van der Waals surface area contributed by atoms with Gasteiger partial charge in [0.15, 0.2) is 17.3 Å². The first-order valence-electron chi connectivity index (χ1n) is 11.1. The Bertz CT molecular complexity index is 1380. The lowest BCUT2D eigenvalue weighted by atomic mass is 10.1. The van der Waals surface area contributed by atoms with E-state index in [4.69, 9.17) is 14.2 Å². The van der Waals surface area contributed by atoms with Crippen molar-refractivity contribution in [1.29, 1.82) is 0 Å². The van der Waals surface area contributed by atoms with Crippen LogP contribution in [0.15, 0.2) is 54.9 Å². The van der Waals surface area contributed by atoms with Crippen molar-refractivity contribution in [1.82, 2.24) is 30.5 Å². The summed E-state index contributed by atoms with van der Waals surface area (Å²) < 4.78 is 16.1. The van der Waals surface area contributed by atoms with Crippen molar-refractivity contribution in [2.24, 2.45) is 0 Å². The number of carbonyl (C=O) groups is 1. The highest BCUT2D eigenvalue weighted by atomic mass is 16.5. The molecule has 2 aromatic heterocycles. The molecule has 0 aliphatic carbocycles. The molecule has 0 fully saturated rings. The maximum Gasteiger partial charge on any atom is 0.243 e. The highest BCUT2D eigenvalue weighted by molar-refractivity contribution is 5.91. The van der Waals surface area contributed by atoms with Crippen LogP contribution >= 0.6 is 0 Å². The van der Waals surface area contributed by atoms with Crippen molar-refractivity contribution in [3.8, 4) is 28.5 Å². The molecule has 1 amide bonds. The molecule has 12 nitrogen and oxygen atoms in total. The number of methoxy groups -OCH3 is 3. The molecule has 0 saturated carbocycles. The van der Waals surface area contributed by atoms with Crippen molar-refractivity contribution in [3.05, 3.63) is 60.4 Å². The summed E-state index contributed by atoms with van der Waals surface area (Å²) >= 11 is 0. The molecule has 37 heavy (non-hydrogen) atoms. The number of ether oxygens (including phenoxy) is 3. The molecule has 4 N–H and O–H groups in total. The SMILES string of the molecule is CNC(=O)C=Cc1ccc(-c2cc(Nc3ncnc(Nc4cc(OC)c(OC)c(OC)c4)n3)n[nH]2)cc1. The number of nitrogens with one attached hydrogen (secondary N) is 4. The Morgan fingerprint density at radius 1 is 0.919 bits per heavy atom. The average Bonchev–Trinajstić information content (AvgIpc) is 3.39. The zero-order valence-electron chi connectivity index (χ0n) is 20.7. The van der Waals surface area contributed by atoms with Crippen LogP contribution in [-0.4, -0.2) is 59.4 Å². The number of carbonyl (C=O) groups excluding carboxylic acids is 1. The van der Waals surface area contributed by atoms with Crippen molar-refractivity contribution in [3.63, 3.8) is 0 Å². The Morgan fingerprint density at radius 3 is 2.22 bits per heavy atom. The van der Waals surface area contributed by atoms with E-state index in [1.54, 1.807) is 46.6 Å². The fraction of sp³-hybridized carbons (Fsp3) is 0.160. The summed E-state index contributed by atoms with van der Waals surface area (Å²) in [4.78, 5) is 24.1. The summed E-state index contributed by atoms with van der Waals surface area (Å²) in [6, 6.07) is 13.0. The van der Waals surface area contributed by atoms with Gasteiger partial charge >= 0.3 is 0 Å². The van der Waals surface area contributed by atoms with Crippen molar-refractivity contribution < 1.29 is 19.0 Å². The summed E-state index contributed by atoms with van der Waals surface area (Å²) in [5, 5.41) is 16.0. The van der Waals surface area contributed by atoms with Crippen LogP contribution < -0.4 is 30.2 Å². The van der Waals surface area contributed by atoms with Gasteiger partial charge in [0.2, 0.25) is 23.6 Å². The van der Waals surface area contributed by atoms with E-state index in [0.717, 1.165) is 16.8 Å². The Hall–Kier alpha value is -5.13. The molecule has 0 bridgehead atoms. The molecule has 0 aliphatic heterocycles. The van der Waals surface area contributed by atoms with Gasteiger partial charge in [-0.25, -0.2) is 9.97 Å².